The molecule has 1 aliphatic rings. The molecule has 2 rings (SSSR count). The highest BCUT2D eigenvalue weighted by Gasteiger charge is 2.46. The Morgan fingerprint density at radius 2 is 2.26 bits per heavy atom. The zero-order chi connectivity index (χ0) is 14.0. The average molecular weight is 325 g/mol. The van der Waals surface area contributed by atoms with Crippen LogP contribution in [0.25, 0.3) is 0 Å². The van der Waals surface area contributed by atoms with Crippen LogP contribution in [0, 0.1) is 22.6 Å². The van der Waals surface area contributed by atoms with Crippen molar-refractivity contribution in [2.75, 3.05) is 7.05 Å². The molecule has 0 radical (unpaired) electrons. The molecule has 0 N–H and O–H groups in total. The Morgan fingerprint density at radius 3 is 2.79 bits per heavy atom. The van der Waals surface area contributed by atoms with E-state index in [0.29, 0.717) is 18.4 Å². The lowest BCUT2D eigenvalue weighted by Crippen LogP contribution is -2.45. The van der Waals surface area contributed by atoms with Crippen LogP contribution < -0.4 is 0 Å². The normalized spacial score (nSPS) is 16.3. The van der Waals surface area contributed by atoms with E-state index in [2.05, 4.69) is 22.0 Å². The molecular weight excluding hydrogens is 311 g/mol. The van der Waals surface area contributed by atoms with Gasteiger partial charge in [-0.15, -0.1) is 0 Å². The molecule has 5 heteroatoms. The van der Waals surface area contributed by atoms with Crippen LogP contribution in [0.15, 0.2) is 22.7 Å². The van der Waals surface area contributed by atoms with Crippen molar-refractivity contribution in [2.45, 2.75) is 25.8 Å². The minimum atomic E-state index is -0.878. The third-order valence-corrected chi connectivity index (χ3v) is 4.09. The van der Waals surface area contributed by atoms with Crippen molar-refractivity contribution in [3.63, 3.8) is 0 Å². The van der Waals surface area contributed by atoms with E-state index < -0.39 is 5.41 Å². The van der Waals surface area contributed by atoms with E-state index in [0.717, 1.165) is 10.9 Å². The monoisotopic (exact) mass is 324 g/mol. The molecule has 0 atom stereocenters. The lowest BCUT2D eigenvalue weighted by atomic mass is 9.69. The van der Waals surface area contributed by atoms with Crippen LogP contribution >= 0.6 is 15.9 Å². The standard InChI is InChI=1S/C14H14BrFN2O/c1-18(13(19)14(9-17)5-2-6-14)8-10-7-11(15)3-4-12(10)16/h3-4,7H,2,5-6,8H2,1H3. The number of carbonyl (C=O) groups is 1. The summed E-state index contributed by atoms with van der Waals surface area (Å²) in [7, 11) is 1.61. The molecule has 1 aromatic rings. The summed E-state index contributed by atoms with van der Waals surface area (Å²) in [5.74, 6) is -0.553. The predicted molar refractivity (Wildman–Crippen MR) is 72.5 cm³/mol. The van der Waals surface area contributed by atoms with Crippen molar-refractivity contribution < 1.29 is 9.18 Å². The Bertz CT molecular complexity index is 549. The van der Waals surface area contributed by atoms with Crippen molar-refractivity contribution >= 4 is 21.8 Å². The summed E-state index contributed by atoms with van der Waals surface area (Å²) in [6, 6.07) is 6.74. The quantitative estimate of drug-likeness (QED) is 0.856. The first-order chi connectivity index (χ1) is 8.98. The Morgan fingerprint density at radius 1 is 1.58 bits per heavy atom. The van der Waals surface area contributed by atoms with E-state index in [9.17, 15) is 9.18 Å². The molecule has 19 heavy (non-hydrogen) atoms. The fraction of sp³-hybridized carbons (Fsp3) is 0.429. The first kappa shape index (κ1) is 14.0. The maximum absolute atomic E-state index is 13.6. The fourth-order valence-electron chi connectivity index (χ4n) is 2.26. The van der Waals surface area contributed by atoms with Gasteiger partial charge in [-0.1, -0.05) is 15.9 Å². The van der Waals surface area contributed by atoms with E-state index >= 15 is 0 Å². The second-order valence-corrected chi connectivity index (χ2v) is 5.86. The number of halogens is 2. The van der Waals surface area contributed by atoms with Crippen molar-refractivity contribution in [2.24, 2.45) is 5.41 Å². The van der Waals surface area contributed by atoms with Crippen LogP contribution in [0.2, 0.25) is 0 Å². The van der Waals surface area contributed by atoms with Crippen LogP contribution in [0.3, 0.4) is 0 Å². The summed E-state index contributed by atoms with van der Waals surface area (Å²) in [5, 5.41) is 9.14. The fourth-order valence-corrected chi connectivity index (χ4v) is 2.67. The SMILES string of the molecule is CN(Cc1cc(Br)ccc1F)C(=O)C1(C#N)CCC1. The lowest BCUT2D eigenvalue weighted by molar-refractivity contribution is -0.142. The lowest BCUT2D eigenvalue weighted by Gasteiger charge is -2.36. The highest BCUT2D eigenvalue weighted by atomic mass is 79.9. The van der Waals surface area contributed by atoms with E-state index in [4.69, 9.17) is 5.26 Å². The molecule has 100 valence electrons. The summed E-state index contributed by atoms with van der Waals surface area (Å²) in [6.07, 6.45) is 2.11. The largest absolute Gasteiger partial charge is 0.340 e. The molecule has 3 nitrogen and oxygen atoms in total. The van der Waals surface area contributed by atoms with Gasteiger partial charge in [-0.3, -0.25) is 4.79 Å². The number of carbonyl (C=O) groups excluding carboxylic acids is 1. The Hall–Kier alpha value is -1.41. The van der Waals surface area contributed by atoms with Gasteiger partial charge in [0.1, 0.15) is 11.2 Å². The maximum Gasteiger partial charge on any atom is 0.243 e. The van der Waals surface area contributed by atoms with Gasteiger partial charge in [0.15, 0.2) is 0 Å². The first-order valence-electron chi connectivity index (χ1n) is 6.09. The number of nitrogens with zero attached hydrogens (tertiary/aromatic N) is 2. The minimum absolute atomic E-state index is 0.174. The van der Waals surface area contributed by atoms with Crippen molar-refractivity contribution in [3.05, 3.63) is 34.1 Å². The van der Waals surface area contributed by atoms with Gasteiger partial charge in [0, 0.05) is 23.6 Å². The van der Waals surface area contributed by atoms with Crippen LogP contribution in [-0.2, 0) is 11.3 Å². The number of rotatable bonds is 3. The van der Waals surface area contributed by atoms with Crippen molar-refractivity contribution in [1.82, 2.24) is 4.90 Å². The molecule has 0 unspecified atom stereocenters. The van der Waals surface area contributed by atoms with Gasteiger partial charge in [-0.05, 0) is 37.5 Å². The molecular formula is C14H14BrFN2O. The minimum Gasteiger partial charge on any atom is -0.340 e. The molecule has 1 fully saturated rings. The smallest absolute Gasteiger partial charge is 0.243 e. The highest BCUT2D eigenvalue weighted by molar-refractivity contribution is 9.10. The molecule has 0 saturated heterocycles. The van der Waals surface area contributed by atoms with Crippen LogP contribution in [0.4, 0.5) is 4.39 Å². The van der Waals surface area contributed by atoms with Gasteiger partial charge in [0.25, 0.3) is 0 Å². The molecule has 1 aliphatic carbocycles. The molecule has 0 spiro atoms. The second kappa shape index (κ2) is 5.30. The van der Waals surface area contributed by atoms with Gasteiger partial charge < -0.3 is 4.90 Å². The van der Waals surface area contributed by atoms with Gasteiger partial charge in [0.2, 0.25) is 5.91 Å². The van der Waals surface area contributed by atoms with Crippen LogP contribution in [0.1, 0.15) is 24.8 Å². The Kier molecular flexibility index (Phi) is 3.91. The van der Waals surface area contributed by atoms with Crippen LogP contribution in [0.5, 0.6) is 0 Å². The number of hydrogen-bond donors (Lipinski definition) is 0. The van der Waals surface area contributed by atoms with E-state index in [-0.39, 0.29) is 18.3 Å². The summed E-state index contributed by atoms with van der Waals surface area (Å²) in [4.78, 5) is 13.7. The third-order valence-electron chi connectivity index (χ3n) is 3.59. The molecule has 1 saturated carbocycles. The van der Waals surface area contributed by atoms with Crippen molar-refractivity contribution in [3.8, 4) is 6.07 Å². The second-order valence-electron chi connectivity index (χ2n) is 4.94. The number of hydrogen-bond acceptors (Lipinski definition) is 2. The molecule has 0 aromatic heterocycles. The molecule has 0 aliphatic heterocycles. The van der Waals surface area contributed by atoms with E-state index in [1.54, 1.807) is 19.2 Å². The maximum atomic E-state index is 13.6. The topological polar surface area (TPSA) is 44.1 Å². The summed E-state index contributed by atoms with van der Waals surface area (Å²) in [6.45, 7) is 0.174. The van der Waals surface area contributed by atoms with E-state index in [1.165, 1.54) is 11.0 Å². The summed E-state index contributed by atoms with van der Waals surface area (Å²) >= 11 is 3.28. The zero-order valence-corrected chi connectivity index (χ0v) is 12.2. The number of benzene rings is 1. The molecule has 1 aromatic carbocycles. The number of nitriles is 1. The highest BCUT2D eigenvalue weighted by Crippen LogP contribution is 2.41. The Balaban J connectivity index is 2.13. The summed E-state index contributed by atoms with van der Waals surface area (Å²) < 4.78 is 14.4. The average Bonchev–Trinajstić information content (AvgIpc) is 2.33. The predicted octanol–water partition coefficient (Wildman–Crippen LogP) is 3.24. The number of amides is 1. The van der Waals surface area contributed by atoms with E-state index in [1.807, 2.05) is 0 Å². The van der Waals surface area contributed by atoms with Gasteiger partial charge >= 0.3 is 0 Å². The van der Waals surface area contributed by atoms with Gasteiger partial charge in [0.05, 0.1) is 6.07 Å². The summed E-state index contributed by atoms with van der Waals surface area (Å²) in [5.41, 5.74) is -0.435. The van der Waals surface area contributed by atoms with Crippen molar-refractivity contribution in [1.29, 1.82) is 5.26 Å². The zero-order valence-electron chi connectivity index (χ0n) is 10.6. The van der Waals surface area contributed by atoms with Gasteiger partial charge in [-0.2, -0.15) is 5.26 Å². The third kappa shape index (κ3) is 2.64. The Labute approximate surface area is 120 Å². The molecule has 0 bridgehead atoms. The van der Waals surface area contributed by atoms with Crippen LogP contribution in [-0.4, -0.2) is 17.9 Å². The van der Waals surface area contributed by atoms with Gasteiger partial charge in [-0.25, -0.2) is 4.39 Å². The molecule has 0 heterocycles. The molecule has 1 amide bonds. The first-order valence-corrected chi connectivity index (χ1v) is 6.88.